The molecule has 136 valence electrons. The van der Waals surface area contributed by atoms with Crippen molar-refractivity contribution in [2.24, 2.45) is 5.14 Å². The number of hydrogen-bond donors (Lipinski definition) is 3. The number of benzene rings is 1. The summed E-state index contributed by atoms with van der Waals surface area (Å²) >= 11 is 0. The summed E-state index contributed by atoms with van der Waals surface area (Å²) < 4.78 is 50.4. The molecular weight excluding hydrogens is 350 g/mol. The fourth-order valence-corrected chi connectivity index (χ4v) is 5.45. The average molecular weight is 377 g/mol. The molecule has 24 heavy (non-hydrogen) atoms. The Balaban J connectivity index is 2.22. The first-order valence-corrected chi connectivity index (χ1v) is 10.8. The third kappa shape index (κ3) is 4.76. The van der Waals surface area contributed by atoms with Crippen molar-refractivity contribution < 1.29 is 22.2 Å². The van der Waals surface area contributed by atoms with Crippen LogP contribution in [-0.2, 0) is 20.0 Å². The molecular formula is C15H26N3O4S2+. The number of quaternary nitrogens is 1. The quantitative estimate of drug-likeness (QED) is 0.679. The van der Waals surface area contributed by atoms with E-state index >= 15 is 0 Å². The van der Waals surface area contributed by atoms with Crippen molar-refractivity contribution in [1.82, 2.24) is 4.72 Å². The average Bonchev–Trinajstić information content (AvgIpc) is 2.33. The van der Waals surface area contributed by atoms with Crippen molar-refractivity contribution in [2.75, 3.05) is 0 Å². The molecule has 0 atom stereocenters. The number of rotatable bonds is 4. The fraction of sp³-hybridized carbons (Fsp3) is 0.600. The summed E-state index contributed by atoms with van der Waals surface area (Å²) in [6, 6.07) is 4.74. The van der Waals surface area contributed by atoms with Crippen LogP contribution in [0.4, 0.5) is 0 Å². The second-order valence-electron chi connectivity index (χ2n) is 7.86. The van der Waals surface area contributed by atoms with Crippen LogP contribution in [0.1, 0.15) is 40.5 Å². The second-order valence-corrected chi connectivity index (χ2v) is 11.1. The molecule has 2 rings (SSSR count). The topological polar surface area (TPSA) is 123 Å². The van der Waals surface area contributed by atoms with E-state index in [0.717, 1.165) is 0 Å². The van der Waals surface area contributed by atoms with Gasteiger partial charge in [0.2, 0.25) is 20.0 Å². The summed E-state index contributed by atoms with van der Waals surface area (Å²) in [5, 5.41) is 7.30. The first-order chi connectivity index (χ1) is 10.7. The summed E-state index contributed by atoms with van der Waals surface area (Å²) in [7, 11) is -7.56. The maximum absolute atomic E-state index is 12.6. The summed E-state index contributed by atoms with van der Waals surface area (Å²) in [5.41, 5.74) is -0.126. The maximum Gasteiger partial charge on any atom is 0.240 e. The highest BCUT2D eigenvalue weighted by atomic mass is 32.2. The Morgan fingerprint density at radius 3 is 1.79 bits per heavy atom. The Morgan fingerprint density at radius 2 is 1.38 bits per heavy atom. The van der Waals surface area contributed by atoms with Gasteiger partial charge in [0.05, 0.1) is 20.9 Å². The van der Waals surface area contributed by atoms with Crippen molar-refractivity contribution >= 4 is 20.0 Å². The molecule has 0 aromatic heterocycles. The second kappa shape index (κ2) is 6.06. The Hall–Kier alpha value is -1.00. The van der Waals surface area contributed by atoms with E-state index in [0.29, 0.717) is 12.8 Å². The SMILES string of the molecule is CC1(C)CC(NS(=O)(=O)c2ccc(S(N)(=O)=O)cc2)CC(C)(C)[NH2+]1. The largest absolute Gasteiger partial charge is 0.337 e. The molecule has 1 saturated heterocycles. The normalized spacial score (nSPS) is 21.5. The fourth-order valence-electron chi connectivity index (χ4n) is 3.70. The van der Waals surface area contributed by atoms with E-state index in [1.54, 1.807) is 0 Å². The van der Waals surface area contributed by atoms with Crippen molar-refractivity contribution in [2.45, 2.75) is 67.4 Å². The van der Waals surface area contributed by atoms with Crippen LogP contribution in [0.3, 0.4) is 0 Å². The van der Waals surface area contributed by atoms with Gasteiger partial charge >= 0.3 is 0 Å². The van der Waals surface area contributed by atoms with Crippen LogP contribution in [0.15, 0.2) is 34.1 Å². The van der Waals surface area contributed by atoms with E-state index in [4.69, 9.17) is 5.14 Å². The Morgan fingerprint density at radius 1 is 0.958 bits per heavy atom. The van der Waals surface area contributed by atoms with E-state index in [1.807, 2.05) is 0 Å². The van der Waals surface area contributed by atoms with Crippen LogP contribution in [0.2, 0.25) is 0 Å². The van der Waals surface area contributed by atoms with Crippen LogP contribution in [0.5, 0.6) is 0 Å². The zero-order valence-corrected chi connectivity index (χ0v) is 16.0. The van der Waals surface area contributed by atoms with Crippen LogP contribution in [-0.4, -0.2) is 34.0 Å². The van der Waals surface area contributed by atoms with Crippen LogP contribution < -0.4 is 15.2 Å². The minimum atomic E-state index is -3.84. The van der Waals surface area contributed by atoms with E-state index in [9.17, 15) is 16.8 Å². The Bertz CT molecular complexity index is 797. The molecule has 5 N–H and O–H groups in total. The van der Waals surface area contributed by atoms with Gasteiger partial charge in [-0.05, 0) is 52.0 Å². The van der Waals surface area contributed by atoms with Crippen LogP contribution in [0, 0.1) is 0 Å². The van der Waals surface area contributed by atoms with Gasteiger partial charge < -0.3 is 5.32 Å². The van der Waals surface area contributed by atoms with Crippen molar-refractivity contribution in [3.8, 4) is 0 Å². The van der Waals surface area contributed by atoms with Crippen molar-refractivity contribution in [1.29, 1.82) is 0 Å². The van der Waals surface area contributed by atoms with Gasteiger partial charge in [-0.3, -0.25) is 0 Å². The van der Waals surface area contributed by atoms with Gasteiger partial charge in [0, 0.05) is 18.9 Å². The van der Waals surface area contributed by atoms with Gasteiger partial charge in [-0.25, -0.2) is 26.7 Å². The predicted molar refractivity (Wildman–Crippen MR) is 91.2 cm³/mol. The van der Waals surface area contributed by atoms with Crippen molar-refractivity contribution in [3.05, 3.63) is 24.3 Å². The monoisotopic (exact) mass is 376 g/mol. The first kappa shape index (κ1) is 19.3. The van der Waals surface area contributed by atoms with Gasteiger partial charge in [-0.1, -0.05) is 0 Å². The molecule has 0 radical (unpaired) electrons. The number of sulfonamides is 2. The molecule has 9 heteroatoms. The molecule has 1 aliphatic heterocycles. The lowest BCUT2D eigenvalue weighted by Crippen LogP contribution is -3.06. The lowest BCUT2D eigenvalue weighted by atomic mass is 9.80. The number of primary sulfonamides is 1. The minimum absolute atomic E-state index is 0.0278. The molecule has 0 bridgehead atoms. The van der Waals surface area contributed by atoms with Crippen LogP contribution in [0.25, 0.3) is 0 Å². The third-order valence-corrected chi connectivity index (χ3v) is 6.58. The van der Waals surface area contributed by atoms with E-state index < -0.39 is 20.0 Å². The predicted octanol–water partition coefficient (Wildman–Crippen LogP) is -0.105. The number of nitrogens with two attached hydrogens (primary N) is 2. The van der Waals surface area contributed by atoms with Gasteiger partial charge in [-0.2, -0.15) is 0 Å². The van der Waals surface area contributed by atoms with Gasteiger partial charge in [0.1, 0.15) is 0 Å². The van der Waals surface area contributed by atoms with Crippen molar-refractivity contribution in [3.63, 3.8) is 0 Å². The molecule has 7 nitrogen and oxygen atoms in total. The van der Waals surface area contributed by atoms with Crippen LogP contribution >= 0.6 is 0 Å². The van der Waals surface area contributed by atoms with E-state index in [-0.39, 0.29) is 26.9 Å². The zero-order valence-electron chi connectivity index (χ0n) is 14.4. The Kier molecular flexibility index (Phi) is 4.88. The number of nitrogens with one attached hydrogen (secondary N) is 1. The maximum atomic E-state index is 12.6. The summed E-state index contributed by atoms with van der Waals surface area (Å²) in [6.07, 6.45) is 1.43. The zero-order chi connectivity index (χ0) is 18.4. The molecule has 1 aromatic carbocycles. The highest BCUT2D eigenvalue weighted by molar-refractivity contribution is 7.89. The van der Waals surface area contributed by atoms with E-state index in [1.165, 1.54) is 24.3 Å². The molecule has 1 aromatic rings. The van der Waals surface area contributed by atoms with Gasteiger partial charge in [0.25, 0.3) is 0 Å². The standard InChI is InChI=1S/C15H25N3O4S2/c1-14(2)9-11(10-15(3,4)18-14)17-24(21,22)13-7-5-12(6-8-13)23(16,19)20/h5-8,11,17-18H,9-10H2,1-4H3,(H2,16,19,20)/p+1. The molecule has 0 spiro atoms. The number of piperidine rings is 1. The molecule has 0 saturated carbocycles. The third-order valence-electron chi connectivity index (χ3n) is 4.11. The Labute approximate surface area is 144 Å². The van der Waals surface area contributed by atoms with Gasteiger partial charge in [-0.15, -0.1) is 0 Å². The highest BCUT2D eigenvalue weighted by Crippen LogP contribution is 2.23. The smallest absolute Gasteiger partial charge is 0.240 e. The van der Waals surface area contributed by atoms with E-state index in [2.05, 4.69) is 37.7 Å². The first-order valence-electron chi connectivity index (χ1n) is 7.73. The molecule has 0 aliphatic carbocycles. The molecule has 1 heterocycles. The lowest BCUT2D eigenvalue weighted by Gasteiger charge is -2.43. The molecule has 1 fully saturated rings. The summed E-state index contributed by atoms with van der Waals surface area (Å²) in [6.45, 7) is 8.37. The molecule has 1 aliphatic rings. The molecule has 0 amide bonds. The minimum Gasteiger partial charge on any atom is -0.337 e. The highest BCUT2D eigenvalue weighted by Gasteiger charge is 2.42. The molecule has 0 unspecified atom stereocenters. The lowest BCUT2D eigenvalue weighted by molar-refractivity contribution is -0.787. The number of hydrogen-bond acceptors (Lipinski definition) is 4. The summed E-state index contributed by atoms with van der Waals surface area (Å²) in [5.74, 6) is 0. The summed E-state index contributed by atoms with van der Waals surface area (Å²) in [4.78, 5) is -0.0870. The van der Waals surface area contributed by atoms with Gasteiger partial charge in [0.15, 0.2) is 0 Å².